The van der Waals surface area contributed by atoms with Crippen LogP contribution in [0.5, 0.6) is 5.75 Å². The maximum Gasteiger partial charge on any atom is 0.141 e. The number of hydrogen-bond donors (Lipinski definition) is 1. The molecule has 0 saturated heterocycles. The summed E-state index contributed by atoms with van der Waals surface area (Å²) in [6.07, 6.45) is 10.2. The SMILES string of the molecule is CN(C)c1ccc(C=Nc2cc(C34CC5CC(CC(C5)C3)C4)ccc2O)cc1. The van der Waals surface area contributed by atoms with Crippen LogP contribution in [-0.2, 0) is 5.41 Å². The zero-order valence-electron chi connectivity index (χ0n) is 16.9. The van der Waals surface area contributed by atoms with E-state index in [4.69, 9.17) is 0 Å². The van der Waals surface area contributed by atoms with Crippen LogP contribution >= 0.6 is 0 Å². The first-order valence-corrected chi connectivity index (χ1v) is 10.7. The van der Waals surface area contributed by atoms with Gasteiger partial charge in [-0.15, -0.1) is 0 Å². The molecule has 2 aromatic rings. The molecule has 0 radical (unpaired) electrons. The fourth-order valence-electron chi connectivity index (χ4n) is 6.42. The largest absolute Gasteiger partial charge is 0.506 e. The topological polar surface area (TPSA) is 35.8 Å². The van der Waals surface area contributed by atoms with Gasteiger partial charge in [0.1, 0.15) is 11.4 Å². The molecule has 6 rings (SSSR count). The number of phenols is 1. The summed E-state index contributed by atoms with van der Waals surface area (Å²) in [5, 5.41) is 10.4. The fraction of sp³-hybridized carbons (Fsp3) is 0.480. The van der Waals surface area contributed by atoms with Gasteiger partial charge in [0.05, 0.1) is 0 Å². The molecule has 0 heterocycles. The number of phenolic OH excluding ortho intramolecular Hbond substituents is 1. The Bertz CT molecular complexity index is 862. The molecule has 0 atom stereocenters. The highest BCUT2D eigenvalue weighted by molar-refractivity contribution is 5.83. The number of nitrogens with zero attached hydrogens (tertiary/aromatic N) is 2. The van der Waals surface area contributed by atoms with Crippen LogP contribution in [0.3, 0.4) is 0 Å². The summed E-state index contributed by atoms with van der Waals surface area (Å²) in [7, 11) is 4.08. The Morgan fingerprint density at radius 2 is 1.54 bits per heavy atom. The second-order valence-electron chi connectivity index (χ2n) is 9.65. The second-order valence-corrected chi connectivity index (χ2v) is 9.65. The summed E-state index contributed by atoms with van der Waals surface area (Å²) in [6.45, 7) is 0. The normalized spacial score (nSPS) is 30.9. The zero-order valence-corrected chi connectivity index (χ0v) is 16.9. The van der Waals surface area contributed by atoms with Gasteiger partial charge in [-0.2, -0.15) is 0 Å². The van der Waals surface area contributed by atoms with Gasteiger partial charge in [-0.05, 0) is 97.1 Å². The van der Waals surface area contributed by atoms with Crippen molar-refractivity contribution in [3.63, 3.8) is 0 Å². The summed E-state index contributed by atoms with van der Waals surface area (Å²) in [5.74, 6) is 3.03. The van der Waals surface area contributed by atoms with E-state index in [0.29, 0.717) is 11.1 Å². The van der Waals surface area contributed by atoms with Gasteiger partial charge in [0.25, 0.3) is 0 Å². The molecule has 1 N–H and O–H groups in total. The first-order chi connectivity index (χ1) is 13.5. The third-order valence-electron chi connectivity index (χ3n) is 7.39. The predicted octanol–water partition coefficient (Wildman–Crippen LogP) is 5.68. The third-order valence-corrected chi connectivity index (χ3v) is 7.39. The molecule has 28 heavy (non-hydrogen) atoms. The van der Waals surface area contributed by atoms with Crippen LogP contribution in [0.25, 0.3) is 0 Å². The minimum atomic E-state index is 0.273. The molecule has 146 valence electrons. The predicted molar refractivity (Wildman–Crippen MR) is 116 cm³/mol. The molecule has 0 aliphatic heterocycles. The molecule has 0 spiro atoms. The van der Waals surface area contributed by atoms with Gasteiger partial charge in [0, 0.05) is 26.0 Å². The van der Waals surface area contributed by atoms with Crippen molar-refractivity contribution in [2.24, 2.45) is 22.7 Å². The average Bonchev–Trinajstić information content (AvgIpc) is 2.66. The quantitative estimate of drug-likeness (QED) is 0.699. The van der Waals surface area contributed by atoms with Gasteiger partial charge < -0.3 is 10.0 Å². The van der Waals surface area contributed by atoms with Gasteiger partial charge in [-0.1, -0.05) is 18.2 Å². The Morgan fingerprint density at radius 1 is 0.929 bits per heavy atom. The lowest BCUT2D eigenvalue weighted by atomic mass is 9.48. The number of aliphatic imine (C=N–C) groups is 1. The minimum absolute atomic E-state index is 0.273. The van der Waals surface area contributed by atoms with Crippen molar-refractivity contribution in [3.8, 4) is 5.75 Å². The number of benzene rings is 2. The van der Waals surface area contributed by atoms with Gasteiger partial charge in [-0.25, -0.2) is 0 Å². The highest BCUT2D eigenvalue weighted by atomic mass is 16.3. The van der Waals surface area contributed by atoms with Crippen molar-refractivity contribution >= 4 is 17.6 Å². The Kier molecular flexibility index (Phi) is 4.22. The Balaban J connectivity index is 1.42. The van der Waals surface area contributed by atoms with E-state index in [1.807, 2.05) is 26.4 Å². The molecular formula is C25H30N2O. The Hall–Kier alpha value is -2.29. The van der Waals surface area contributed by atoms with E-state index in [-0.39, 0.29) is 5.75 Å². The van der Waals surface area contributed by atoms with Crippen molar-refractivity contribution < 1.29 is 5.11 Å². The van der Waals surface area contributed by atoms with E-state index in [1.54, 1.807) is 0 Å². The lowest BCUT2D eigenvalue weighted by Crippen LogP contribution is -2.48. The molecule has 4 saturated carbocycles. The Morgan fingerprint density at radius 3 is 2.11 bits per heavy atom. The number of aromatic hydroxyl groups is 1. The molecule has 0 unspecified atom stereocenters. The Labute approximate surface area is 168 Å². The first-order valence-electron chi connectivity index (χ1n) is 10.7. The lowest BCUT2D eigenvalue weighted by molar-refractivity contribution is -0.00518. The molecule has 0 amide bonds. The van der Waals surface area contributed by atoms with Crippen molar-refractivity contribution in [2.75, 3.05) is 19.0 Å². The minimum Gasteiger partial charge on any atom is -0.506 e. The number of rotatable bonds is 4. The second kappa shape index (κ2) is 6.65. The molecule has 4 fully saturated rings. The molecule has 2 aromatic carbocycles. The first kappa shape index (κ1) is 17.8. The van der Waals surface area contributed by atoms with Crippen LogP contribution < -0.4 is 4.90 Å². The van der Waals surface area contributed by atoms with Crippen molar-refractivity contribution in [3.05, 3.63) is 53.6 Å². The monoisotopic (exact) mass is 374 g/mol. The summed E-state index contributed by atoms with van der Waals surface area (Å²) >= 11 is 0. The fourth-order valence-corrected chi connectivity index (χ4v) is 6.42. The van der Waals surface area contributed by atoms with E-state index in [9.17, 15) is 5.11 Å². The van der Waals surface area contributed by atoms with Gasteiger partial charge >= 0.3 is 0 Å². The smallest absolute Gasteiger partial charge is 0.141 e. The van der Waals surface area contributed by atoms with Gasteiger partial charge in [0.15, 0.2) is 0 Å². The van der Waals surface area contributed by atoms with Gasteiger partial charge in [0.2, 0.25) is 0 Å². The standard InChI is InChI=1S/C25H30N2O/c1-27(2)22-6-3-17(4-7-22)16-26-23-12-21(5-8-24(23)28)25-13-18-9-19(14-25)11-20(10-18)15-25/h3-8,12,16,18-20,28H,9-11,13-15H2,1-2H3. The summed E-state index contributed by atoms with van der Waals surface area (Å²) in [5.41, 5.74) is 4.65. The van der Waals surface area contributed by atoms with E-state index in [0.717, 1.165) is 23.3 Å². The van der Waals surface area contributed by atoms with Crippen molar-refractivity contribution in [2.45, 2.75) is 43.9 Å². The zero-order chi connectivity index (χ0) is 19.3. The van der Waals surface area contributed by atoms with Crippen LogP contribution in [0.2, 0.25) is 0 Å². The summed E-state index contributed by atoms with van der Waals surface area (Å²) in [4.78, 5) is 6.74. The molecule has 3 heteroatoms. The van der Waals surface area contributed by atoms with Gasteiger partial charge in [-0.3, -0.25) is 4.99 Å². The highest BCUT2D eigenvalue weighted by Gasteiger charge is 2.51. The summed E-state index contributed by atoms with van der Waals surface area (Å²) < 4.78 is 0. The average molecular weight is 375 g/mol. The molecule has 4 aliphatic rings. The van der Waals surface area contributed by atoms with E-state index >= 15 is 0 Å². The molecule has 4 bridgehead atoms. The molecule has 0 aromatic heterocycles. The molecule has 4 aliphatic carbocycles. The maximum absolute atomic E-state index is 10.4. The van der Waals surface area contributed by atoms with E-state index in [1.165, 1.54) is 49.8 Å². The van der Waals surface area contributed by atoms with Crippen LogP contribution in [0.1, 0.15) is 49.7 Å². The highest BCUT2D eigenvalue weighted by Crippen LogP contribution is 2.61. The van der Waals surface area contributed by atoms with Crippen LogP contribution in [-0.4, -0.2) is 25.4 Å². The lowest BCUT2D eigenvalue weighted by Gasteiger charge is -2.57. The van der Waals surface area contributed by atoms with E-state index in [2.05, 4.69) is 46.3 Å². The molecular weight excluding hydrogens is 344 g/mol. The van der Waals surface area contributed by atoms with Crippen LogP contribution in [0, 0.1) is 17.8 Å². The van der Waals surface area contributed by atoms with Crippen molar-refractivity contribution in [1.82, 2.24) is 0 Å². The van der Waals surface area contributed by atoms with E-state index < -0.39 is 0 Å². The third kappa shape index (κ3) is 3.11. The van der Waals surface area contributed by atoms with Crippen LogP contribution in [0.4, 0.5) is 11.4 Å². The maximum atomic E-state index is 10.4. The van der Waals surface area contributed by atoms with Crippen LogP contribution in [0.15, 0.2) is 47.5 Å². The summed E-state index contributed by atoms with van der Waals surface area (Å²) in [6, 6.07) is 14.5. The molecule has 3 nitrogen and oxygen atoms in total. The van der Waals surface area contributed by atoms with Crippen molar-refractivity contribution in [1.29, 1.82) is 0 Å². The number of anilines is 1. The number of hydrogen-bond acceptors (Lipinski definition) is 3.